The zero-order valence-corrected chi connectivity index (χ0v) is 20.5. The van der Waals surface area contributed by atoms with E-state index in [1.807, 2.05) is 18.2 Å². The van der Waals surface area contributed by atoms with Gasteiger partial charge in [0.2, 0.25) is 0 Å². The number of anilines is 1. The molecular formula is C23H28BrNO4S. The molecule has 1 aromatic heterocycles. The van der Waals surface area contributed by atoms with Gasteiger partial charge < -0.3 is 14.8 Å². The van der Waals surface area contributed by atoms with Crippen LogP contribution in [-0.4, -0.2) is 25.6 Å². The van der Waals surface area contributed by atoms with Crippen molar-refractivity contribution in [3.63, 3.8) is 0 Å². The predicted molar refractivity (Wildman–Crippen MR) is 124 cm³/mol. The Bertz CT molecular complexity index is 961. The molecule has 162 valence electrons. The Morgan fingerprint density at radius 3 is 2.70 bits per heavy atom. The van der Waals surface area contributed by atoms with Gasteiger partial charge in [-0.05, 0) is 54.4 Å². The Morgan fingerprint density at radius 2 is 2.03 bits per heavy atom. The van der Waals surface area contributed by atoms with Crippen molar-refractivity contribution in [2.45, 2.75) is 52.4 Å². The van der Waals surface area contributed by atoms with Crippen LogP contribution in [0.15, 0.2) is 22.7 Å². The van der Waals surface area contributed by atoms with E-state index in [1.54, 1.807) is 0 Å². The number of carbonyl (C=O) groups is 2. The van der Waals surface area contributed by atoms with Crippen LogP contribution in [0, 0.1) is 5.92 Å². The van der Waals surface area contributed by atoms with E-state index in [-0.39, 0.29) is 17.9 Å². The van der Waals surface area contributed by atoms with Gasteiger partial charge in [0.1, 0.15) is 10.8 Å². The standard InChI is InChI=1S/C23H28BrNO4S/c1-13-6-8-15-18(10-13)30-21(20(15)22(27)28-5)25-19(26)12-29-17-9-7-14(24)11-16(17)23(2,3)4/h7,9,11,13H,6,8,10,12H2,1-5H3,(H,25,26). The molecule has 3 rings (SSSR count). The summed E-state index contributed by atoms with van der Waals surface area (Å²) in [6.07, 6.45) is 2.78. The highest BCUT2D eigenvalue weighted by Gasteiger charge is 2.29. The van der Waals surface area contributed by atoms with E-state index in [2.05, 4.69) is 48.9 Å². The van der Waals surface area contributed by atoms with Crippen molar-refractivity contribution in [3.05, 3.63) is 44.2 Å². The van der Waals surface area contributed by atoms with Crippen molar-refractivity contribution in [1.82, 2.24) is 0 Å². The first kappa shape index (κ1) is 22.8. The van der Waals surface area contributed by atoms with Crippen molar-refractivity contribution in [3.8, 4) is 5.75 Å². The maximum absolute atomic E-state index is 12.7. The van der Waals surface area contributed by atoms with Gasteiger partial charge in [0.05, 0.1) is 12.7 Å². The normalized spacial score (nSPS) is 16.0. The Morgan fingerprint density at radius 1 is 1.30 bits per heavy atom. The van der Waals surface area contributed by atoms with Crippen molar-refractivity contribution >= 4 is 44.1 Å². The molecule has 1 atom stereocenters. The number of halogens is 1. The third-order valence-electron chi connectivity index (χ3n) is 5.26. The number of rotatable bonds is 5. The molecule has 5 nitrogen and oxygen atoms in total. The van der Waals surface area contributed by atoms with E-state index >= 15 is 0 Å². The summed E-state index contributed by atoms with van der Waals surface area (Å²) in [5, 5.41) is 3.44. The van der Waals surface area contributed by atoms with Crippen LogP contribution in [-0.2, 0) is 27.8 Å². The molecule has 1 aliphatic rings. The van der Waals surface area contributed by atoms with Crippen LogP contribution in [0.1, 0.15) is 60.5 Å². The fourth-order valence-electron chi connectivity index (χ4n) is 3.68. The van der Waals surface area contributed by atoms with Gasteiger partial charge in [-0.25, -0.2) is 4.79 Å². The Balaban J connectivity index is 1.77. The molecule has 0 saturated carbocycles. The van der Waals surface area contributed by atoms with Gasteiger partial charge in [0, 0.05) is 14.9 Å². The number of benzene rings is 1. The molecule has 1 amide bonds. The van der Waals surface area contributed by atoms with Gasteiger partial charge >= 0.3 is 5.97 Å². The second kappa shape index (κ2) is 9.10. The topological polar surface area (TPSA) is 64.6 Å². The summed E-state index contributed by atoms with van der Waals surface area (Å²) in [6.45, 7) is 8.37. The number of methoxy groups -OCH3 is 1. The number of fused-ring (bicyclic) bond motifs is 1. The molecule has 1 unspecified atom stereocenters. The van der Waals surface area contributed by atoms with Gasteiger partial charge in [0.15, 0.2) is 6.61 Å². The van der Waals surface area contributed by atoms with E-state index in [0.29, 0.717) is 22.2 Å². The molecule has 1 N–H and O–H groups in total. The average molecular weight is 494 g/mol. The SMILES string of the molecule is COC(=O)c1c(NC(=O)COc2ccc(Br)cc2C(C)(C)C)sc2c1CCC(C)C2. The molecule has 0 saturated heterocycles. The molecule has 1 heterocycles. The first-order valence-corrected chi connectivity index (χ1v) is 11.7. The van der Waals surface area contributed by atoms with Crippen LogP contribution >= 0.6 is 27.3 Å². The number of amides is 1. The molecule has 0 radical (unpaired) electrons. The third-order valence-corrected chi connectivity index (χ3v) is 6.93. The number of hydrogen-bond donors (Lipinski definition) is 1. The highest BCUT2D eigenvalue weighted by molar-refractivity contribution is 9.10. The summed E-state index contributed by atoms with van der Waals surface area (Å²) < 4.78 is 11.8. The number of esters is 1. The van der Waals surface area contributed by atoms with Crippen LogP contribution < -0.4 is 10.1 Å². The molecule has 0 aliphatic heterocycles. The van der Waals surface area contributed by atoms with Crippen LogP contribution in [0.4, 0.5) is 5.00 Å². The Kier molecular flexibility index (Phi) is 6.92. The minimum absolute atomic E-state index is 0.128. The number of nitrogens with one attached hydrogen (secondary N) is 1. The van der Waals surface area contributed by atoms with Crippen LogP contribution in [0.2, 0.25) is 0 Å². The van der Waals surface area contributed by atoms with Crippen molar-refractivity contribution in [2.75, 3.05) is 19.0 Å². The zero-order chi connectivity index (χ0) is 22.1. The predicted octanol–water partition coefficient (Wildman–Crippen LogP) is 5.74. The minimum Gasteiger partial charge on any atom is -0.483 e. The highest BCUT2D eigenvalue weighted by atomic mass is 79.9. The number of hydrogen-bond acceptors (Lipinski definition) is 5. The lowest BCUT2D eigenvalue weighted by Crippen LogP contribution is -2.22. The summed E-state index contributed by atoms with van der Waals surface area (Å²) >= 11 is 4.97. The smallest absolute Gasteiger partial charge is 0.341 e. The van der Waals surface area contributed by atoms with Gasteiger partial charge in [-0.3, -0.25) is 4.79 Å². The molecule has 2 aromatic rings. The highest BCUT2D eigenvalue weighted by Crippen LogP contribution is 2.40. The fourth-order valence-corrected chi connectivity index (χ4v) is 5.45. The van der Waals surface area contributed by atoms with E-state index < -0.39 is 5.97 Å². The van der Waals surface area contributed by atoms with Gasteiger partial charge in [-0.1, -0.05) is 43.6 Å². The summed E-state index contributed by atoms with van der Waals surface area (Å²) in [7, 11) is 1.37. The fraction of sp³-hybridized carbons (Fsp3) is 0.478. The van der Waals surface area contributed by atoms with Crippen LogP contribution in [0.5, 0.6) is 5.75 Å². The summed E-state index contributed by atoms with van der Waals surface area (Å²) in [5.41, 5.74) is 2.40. The first-order valence-electron chi connectivity index (χ1n) is 10.1. The molecule has 1 aliphatic carbocycles. The maximum Gasteiger partial charge on any atom is 0.341 e. The largest absolute Gasteiger partial charge is 0.483 e. The summed E-state index contributed by atoms with van der Waals surface area (Å²) in [4.78, 5) is 26.2. The second-order valence-electron chi connectivity index (χ2n) is 8.77. The summed E-state index contributed by atoms with van der Waals surface area (Å²) in [6, 6.07) is 5.77. The first-order chi connectivity index (χ1) is 14.1. The maximum atomic E-state index is 12.7. The van der Waals surface area contributed by atoms with Crippen molar-refractivity contribution in [1.29, 1.82) is 0 Å². The van der Waals surface area contributed by atoms with Gasteiger partial charge in [-0.2, -0.15) is 0 Å². The quantitative estimate of drug-likeness (QED) is 0.539. The number of thiophene rings is 1. The van der Waals surface area contributed by atoms with E-state index in [0.717, 1.165) is 39.7 Å². The summed E-state index contributed by atoms with van der Waals surface area (Å²) in [5.74, 6) is 0.547. The van der Waals surface area contributed by atoms with E-state index in [4.69, 9.17) is 9.47 Å². The third kappa shape index (κ3) is 5.06. The Hall–Kier alpha value is -1.86. The number of ether oxygens (including phenoxy) is 2. The lowest BCUT2D eigenvalue weighted by atomic mass is 9.86. The van der Waals surface area contributed by atoms with Crippen LogP contribution in [0.3, 0.4) is 0 Å². The molecule has 7 heteroatoms. The zero-order valence-electron chi connectivity index (χ0n) is 18.1. The molecular weight excluding hydrogens is 466 g/mol. The van der Waals surface area contributed by atoms with Gasteiger partial charge in [-0.15, -0.1) is 11.3 Å². The van der Waals surface area contributed by atoms with Crippen molar-refractivity contribution < 1.29 is 19.1 Å². The monoisotopic (exact) mass is 493 g/mol. The molecule has 1 aromatic carbocycles. The molecule has 0 fully saturated rings. The van der Waals surface area contributed by atoms with E-state index in [1.165, 1.54) is 18.4 Å². The van der Waals surface area contributed by atoms with Gasteiger partial charge in [0.25, 0.3) is 5.91 Å². The number of carbonyl (C=O) groups excluding carboxylic acids is 2. The van der Waals surface area contributed by atoms with E-state index in [9.17, 15) is 9.59 Å². The average Bonchev–Trinajstić information content (AvgIpc) is 3.02. The second-order valence-corrected chi connectivity index (χ2v) is 10.8. The molecule has 0 spiro atoms. The molecule has 0 bridgehead atoms. The van der Waals surface area contributed by atoms with Crippen LogP contribution in [0.25, 0.3) is 0 Å². The molecule has 30 heavy (non-hydrogen) atoms. The van der Waals surface area contributed by atoms with Crippen molar-refractivity contribution in [2.24, 2.45) is 5.92 Å². The Labute approximate surface area is 190 Å². The lowest BCUT2D eigenvalue weighted by Gasteiger charge is -2.23. The minimum atomic E-state index is -0.402. The lowest BCUT2D eigenvalue weighted by molar-refractivity contribution is -0.118.